The molecule has 1 unspecified atom stereocenters. The molecular weight excluding hydrogens is 458 g/mol. The summed E-state index contributed by atoms with van der Waals surface area (Å²) in [5, 5.41) is 10.1. The Kier molecular flexibility index (Phi) is 7.11. The highest BCUT2D eigenvalue weighted by Crippen LogP contribution is 2.23. The number of hydrogen-bond donors (Lipinski definition) is 4. The minimum atomic E-state index is -4.26. The summed E-state index contributed by atoms with van der Waals surface area (Å²) in [4.78, 5) is 11.9. The molecule has 0 spiro atoms. The molecule has 0 aliphatic heterocycles. The Balaban J connectivity index is 1.84. The Hall–Kier alpha value is -3.03. The third-order valence-electron chi connectivity index (χ3n) is 4.61. The minimum Gasteiger partial charge on any atom is -0.497 e. The van der Waals surface area contributed by atoms with Crippen LogP contribution in [-0.4, -0.2) is 47.6 Å². The van der Waals surface area contributed by atoms with E-state index >= 15 is 0 Å². The normalized spacial score (nSPS) is 12.9. The van der Waals surface area contributed by atoms with Crippen molar-refractivity contribution in [2.45, 2.75) is 15.8 Å². The number of hydrogen-bond acceptors (Lipinski definition) is 7. The number of hydroxylamine groups is 1. The van der Waals surface area contributed by atoms with Crippen LogP contribution in [0.3, 0.4) is 0 Å². The SMILES string of the molecule is COc1ccc(S(=O)(=O)NCC(NS(=O)(=O)c2cccc3ccccc23)C(=O)NO)cc1. The van der Waals surface area contributed by atoms with Crippen molar-refractivity contribution in [2.75, 3.05) is 13.7 Å². The van der Waals surface area contributed by atoms with Gasteiger partial charge < -0.3 is 4.74 Å². The third-order valence-corrected chi connectivity index (χ3v) is 7.58. The summed E-state index contributed by atoms with van der Waals surface area (Å²) < 4.78 is 60.3. The molecule has 0 aliphatic rings. The van der Waals surface area contributed by atoms with Gasteiger partial charge in [-0.05, 0) is 35.7 Å². The number of amides is 1. The molecule has 0 radical (unpaired) electrons. The van der Waals surface area contributed by atoms with E-state index in [0.29, 0.717) is 16.5 Å². The molecule has 0 bridgehead atoms. The summed E-state index contributed by atoms with van der Waals surface area (Å²) in [6, 6.07) is 15.2. The van der Waals surface area contributed by atoms with Crippen molar-refractivity contribution in [2.24, 2.45) is 0 Å². The lowest BCUT2D eigenvalue weighted by Gasteiger charge is -2.18. The molecule has 0 saturated heterocycles. The average Bonchev–Trinajstić information content (AvgIpc) is 2.80. The number of carbonyl (C=O) groups is 1. The second-order valence-electron chi connectivity index (χ2n) is 6.65. The molecule has 10 nitrogen and oxygen atoms in total. The molecule has 0 saturated carbocycles. The topological polar surface area (TPSA) is 151 Å². The van der Waals surface area contributed by atoms with Crippen LogP contribution < -0.4 is 19.7 Å². The maximum absolute atomic E-state index is 13.0. The highest BCUT2D eigenvalue weighted by atomic mass is 32.2. The van der Waals surface area contributed by atoms with Gasteiger partial charge in [-0.3, -0.25) is 10.0 Å². The number of methoxy groups -OCH3 is 1. The van der Waals surface area contributed by atoms with Crippen molar-refractivity contribution in [3.63, 3.8) is 0 Å². The average molecular weight is 480 g/mol. The van der Waals surface area contributed by atoms with Crippen LogP contribution in [0.25, 0.3) is 10.8 Å². The number of fused-ring (bicyclic) bond motifs is 1. The minimum absolute atomic E-state index is 0.0932. The van der Waals surface area contributed by atoms with Gasteiger partial charge in [0.05, 0.1) is 16.9 Å². The van der Waals surface area contributed by atoms with Crippen LogP contribution in [0.1, 0.15) is 0 Å². The second-order valence-corrected chi connectivity index (χ2v) is 10.1. The van der Waals surface area contributed by atoms with Crippen molar-refractivity contribution < 1.29 is 31.6 Å². The van der Waals surface area contributed by atoms with Gasteiger partial charge in [-0.25, -0.2) is 27.0 Å². The molecule has 0 aliphatic carbocycles. The zero-order chi connectivity index (χ0) is 23.4. The van der Waals surface area contributed by atoms with Crippen molar-refractivity contribution in [3.8, 4) is 5.75 Å². The van der Waals surface area contributed by atoms with Crippen molar-refractivity contribution in [1.29, 1.82) is 0 Å². The smallest absolute Gasteiger partial charge is 0.262 e. The summed E-state index contributed by atoms with van der Waals surface area (Å²) in [6.45, 7) is -0.648. The Morgan fingerprint density at radius 3 is 2.25 bits per heavy atom. The number of ether oxygens (including phenoxy) is 1. The van der Waals surface area contributed by atoms with E-state index in [2.05, 4.69) is 9.44 Å². The fourth-order valence-corrected chi connectivity index (χ4v) is 5.45. The molecule has 3 aromatic carbocycles. The Labute approximate surface area is 185 Å². The lowest BCUT2D eigenvalue weighted by molar-refractivity contribution is -0.130. The van der Waals surface area contributed by atoms with Crippen molar-refractivity contribution in [1.82, 2.24) is 14.9 Å². The van der Waals surface area contributed by atoms with Gasteiger partial charge in [-0.1, -0.05) is 36.4 Å². The highest BCUT2D eigenvalue weighted by molar-refractivity contribution is 7.90. The Morgan fingerprint density at radius 1 is 0.938 bits per heavy atom. The zero-order valence-corrected chi connectivity index (χ0v) is 18.5. The van der Waals surface area contributed by atoms with Crippen LogP contribution in [-0.2, 0) is 24.8 Å². The van der Waals surface area contributed by atoms with Crippen molar-refractivity contribution >= 4 is 36.7 Å². The molecule has 4 N–H and O–H groups in total. The Bertz CT molecular complexity index is 1320. The van der Waals surface area contributed by atoms with E-state index in [4.69, 9.17) is 9.94 Å². The number of nitrogens with one attached hydrogen (secondary N) is 3. The first-order chi connectivity index (χ1) is 15.2. The molecule has 1 atom stereocenters. The van der Waals surface area contributed by atoms with Gasteiger partial charge in [-0.2, -0.15) is 4.72 Å². The number of sulfonamides is 2. The lowest BCUT2D eigenvalue weighted by Crippen LogP contribution is -2.51. The molecule has 0 fully saturated rings. The van der Waals surface area contributed by atoms with E-state index in [1.54, 1.807) is 36.4 Å². The predicted molar refractivity (Wildman–Crippen MR) is 116 cm³/mol. The van der Waals surface area contributed by atoms with E-state index in [1.165, 1.54) is 42.9 Å². The van der Waals surface area contributed by atoms with Gasteiger partial charge in [0.25, 0.3) is 5.91 Å². The molecule has 1 amide bonds. The molecular formula is C20H21N3O7S2. The van der Waals surface area contributed by atoms with E-state index < -0.39 is 38.5 Å². The third kappa shape index (κ3) is 5.23. The van der Waals surface area contributed by atoms with Crippen LogP contribution in [0.5, 0.6) is 5.75 Å². The van der Waals surface area contributed by atoms with E-state index in [9.17, 15) is 21.6 Å². The molecule has 0 aromatic heterocycles. The molecule has 3 rings (SSSR count). The van der Waals surface area contributed by atoms with E-state index in [1.807, 2.05) is 0 Å². The van der Waals surface area contributed by atoms with Crippen molar-refractivity contribution in [3.05, 3.63) is 66.7 Å². The number of benzene rings is 3. The predicted octanol–water partition coefficient (Wildman–Crippen LogP) is 0.979. The van der Waals surface area contributed by atoms with Crippen LogP contribution >= 0.6 is 0 Å². The largest absolute Gasteiger partial charge is 0.497 e. The van der Waals surface area contributed by atoms with E-state index in [-0.39, 0.29) is 9.79 Å². The maximum atomic E-state index is 13.0. The first-order valence-electron chi connectivity index (χ1n) is 9.26. The van der Waals surface area contributed by atoms with Gasteiger partial charge in [0.15, 0.2) is 0 Å². The van der Waals surface area contributed by atoms with Gasteiger partial charge in [-0.15, -0.1) is 0 Å². The van der Waals surface area contributed by atoms with Gasteiger partial charge in [0.1, 0.15) is 11.8 Å². The van der Waals surface area contributed by atoms with Gasteiger partial charge in [0, 0.05) is 11.9 Å². The molecule has 170 valence electrons. The summed E-state index contributed by atoms with van der Waals surface area (Å²) in [5.41, 5.74) is 1.35. The standard InChI is InChI=1S/C20H21N3O7S2/c1-30-15-9-11-16(12-10-15)31(26,27)21-13-18(20(24)22-25)23-32(28,29)19-8-4-6-14-5-2-3-7-17(14)19/h2-12,18,21,23,25H,13H2,1H3,(H,22,24). The zero-order valence-electron chi connectivity index (χ0n) is 16.8. The first kappa shape index (κ1) is 23.6. The van der Waals surface area contributed by atoms with Crippen LogP contribution in [0.15, 0.2) is 76.5 Å². The number of carbonyl (C=O) groups excluding carboxylic acids is 1. The van der Waals surface area contributed by atoms with E-state index in [0.717, 1.165) is 0 Å². The molecule has 3 aromatic rings. The molecule has 12 heteroatoms. The summed E-state index contributed by atoms with van der Waals surface area (Å²) in [7, 11) is -6.90. The van der Waals surface area contributed by atoms with Crippen LogP contribution in [0.2, 0.25) is 0 Å². The number of rotatable bonds is 9. The van der Waals surface area contributed by atoms with Gasteiger partial charge in [0.2, 0.25) is 20.0 Å². The van der Waals surface area contributed by atoms with Gasteiger partial charge >= 0.3 is 0 Å². The quantitative estimate of drug-likeness (QED) is 0.264. The van der Waals surface area contributed by atoms with Crippen LogP contribution in [0.4, 0.5) is 0 Å². The fourth-order valence-electron chi connectivity index (χ4n) is 2.98. The summed E-state index contributed by atoms with van der Waals surface area (Å²) in [6.07, 6.45) is 0. The molecule has 0 heterocycles. The first-order valence-corrected chi connectivity index (χ1v) is 12.2. The molecule has 32 heavy (non-hydrogen) atoms. The maximum Gasteiger partial charge on any atom is 0.262 e. The monoisotopic (exact) mass is 479 g/mol. The second kappa shape index (κ2) is 9.63. The fraction of sp³-hybridized carbons (Fsp3) is 0.150. The summed E-state index contributed by atoms with van der Waals surface area (Å²) in [5.74, 6) is -0.685. The summed E-state index contributed by atoms with van der Waals surface area (Å²) >= 11 is 0. The lowest BCUT2D eigenvalue weighted by atomic mass is 10.1. The Morgan fingerprint density at radius 2 is 1.59 bits per heavy atom. The highest BCUT2D eigenvalue weighted by Gasteiger charge is 2.28. The van der Waals surface area contributed by atoms with Crippen LogP contribution in [0, 0.1) is 0 Å².